The van der Waals surface area contributed by atoms with Crippen molar-refractivity contribution in [3.05, 3.63) is 58.9 Å². The number of carbonyl (C=O) groups excluding carboxylic acids is 1. The van der Waals surface area contributed by atoms with Gasteiger partial charge < -0.3 is 10.3 Å². The number of hydrogen-bond acceptors (Lipinski definition) is 3. The van der Waals surface area contributed by atoms with Crippen LogP contribution in [0.4, 0.5) is 5.69 Å². The van der Waals surface area contributed by atoms with Crippen molar-refractivity contribution in [3.8, 4) is 0 Å². The SMILES string of the molecule is Cc1ccc2nc(CN3CCC(C(=O)Nc4c(C)cccc4C)CC3)[nH]c2c1. The Morgan fingerprint density at radius 1 is 1.14 bits per heavy atom. The summed E-state index contributed by atoms with van der Waals surface area (Å²) in [5.41, 5.74) is 6.55. The van der Waals surface area contributed by atoms with Gasteiger partial charge in [0, 0.05) is 11.6 Å². The molecule has 0 saturated carbocycles. The number of nitrogens with one attached hydrogen (secondary N) is 2. The maximum atomic E-state index is 12.7. The molecule has 4 rings (SSSR count). The fraction of sp³-hybridized carbons (Fsp3) is 0.391. The third kappa shape index (κ3) is 3.94. The van der Waals surface area contributed by atoms with E-state index in [1.165, 1.54) is 5.56 Å². The van der Waals surface area contributed by atoms with Gasteiger partial charge in [-0.05, 0) is 75.5 Å². The van der Waals surface area contributed by atoms with Crippen LogP contribution in [0.15, 0.2) is 36.4 Å². The highest BCUT2D eigenvalue weighted by Gasteiger charge is 2.26. The zero-order chi connectivity index (χ0) is 19.7. The minimum atomic E-state index is 0.0774. The van der Waals surface area contributed by atoms with Crippen LogP contribution >= 0.6 is 0 Å². The molecule has 0 unspecified atom stereocenters. The first-order chi connectivity index (χ1) is 13.5. The average Bonchev–Trinajstić information content (AvgIpc) is 3.06. The molecule has 1 aliphatic heterocycles. The third-order valence-electron chi connectivity index (χ3n) is 5.75. The molecule has 1 fully saturated rings. The molecule has 1 aliphatic rings. The number of benzene rings is 2. The van der Waals surface area contributed by atoms with Crippen LogP contribution < -0.4 is 5.32 Å². The number of amides is 1. The molecule has 1 saturated heterocycles. The van der Waals surface area contributed by atoms with E-state index < -0.39 is 0 Å². The molecule has 2 aromatic carbocycles. The van der Waals surface area contributed by atoms with Gasteiger partial charge in [-0.15, -0.1) is 0 Å². The molecule has 0 aliphatic carbocycles. The second kappa shape index (κ2) is 7.76. The first-order valence-corrected chi connectivity index (χ1v) is 10.0. The summed E-state index contributed by atoms with van der Waals surface area (Å²) in [6.45, 7) is 8.81. The molecule has 0 radical (unpaired) electrons. The van der Waals surface area contributed by atoms with E-state index in [1.54, 1.807) is 0 Å². The number of anilines is 1. The molecule has 0 atom stereocenters. The maximum Gasteiger partial charge on any atom is 0.227 e. The van der Waals surface area contributed by atoms with Crippen molar-refractivity contribution in [1.82, 2.24) is 14.9 Å². The molecule has 28 heavy (non-hydrogen) atoms. The van der Waals surface area contributed by atoms with Crippen LogP contribution in [0.25, 0.3) is 11.0 Å². The number of rotatable bonds is 4. The van der Waals surface area contributed by atoms with Gasteiger partial charge in [-0.2, -0.15) is 0 Å². The van der Waals surface area contributed by atoms with Crippen LogP contribution in [0.1, 0.15) is 35.4 Å². The predicted molar refractivity (Wildman–Crippen MR) is 113 cm³/mol. The van der Waals surface area contributed by atoms with Crippen LogP contribution in [-0.4, -0.2) is 33.9 Å². The molecule has 5 nitrogen and oxygen atoms in total. The van der Waals surface area contributed by atoms with Gasteiger partial charge >= 0.3 is 0 Å². The lowest BCUT2D eigenvalue weighted by atomic mass is 9.95. The molecular weight excluding hydrogens is 348 g/mol. The van der Waals surface area contributed by atoms with Crippen LogP contribution in [0.2, 0.25) is 0 Å². The fourth-order valence-electron chi connectivity index (χ4n) is 4.05. The van der Waals surface area contributed by atoms with Gasteiger partial charge in [0.25, 0.3) is 0 Å². The summed E-state index contributed by atoms with van der Waals surface area (Å²) in [6.07, 6.45) is 1.77. The summed E-state index contributed by atoms with van der Waals surface area (Å²) >= 11 is 0. The van der Waals surface area contributed by atoms with Gasteiger partial charge in [0.1, 0.15) is 5.82 Å². The van der Waals surface area contributed by atoms with Crippen molar-refractivity contribution < 1.29 is 4.79 Å². The highest BCUT2D eigenvalue weighted by Crippen LogP contribution is 2.24. The minimum Gasteiger partial charge on any atom is -0.341 e. The number of H-pyrrole nitrogens is 1. The fourth-order valence-corrected chi connectivity index (χ4v) is 4.05. The Kier molecular flexibility index (Phi) is 5.18. The molecule has 5 heteroatoms. The second-order valence-electron chi connectivity index (χ2n) is 8.01. The number of fused-ring (bicyclic) bond motifs is 1. The zero-order valence-corrected chi connectivity index (χ0v) is 16.9. The van der Waals surface area contributed by atoms with Gasteiger partial charge in [-0.25, -0.2) is 4.98 Å². The van der Waals surface area contributed by atoms with Crippen molar-refractivity contribution in [2.45, 2.75) is 40.2 Å². The number of piperidine rings is 1. The number of nitrogens with zero attached hydrogens (tertiary/aromatic N) is 2. The van der Waals surface area contributed by atoms with E-state index >= 15 is 0 Å². The molecule has 1 aromatic heterocycles. The monoisotopic (exact) mass is 376 g/mol. The van der Waals surface area contributed by atoms with Crippen molar-refractivity contribution in [2.75, 3.05) is 18.4 Å². The quantitative estimate of drug-likeness (QED) is 0.712. The first-order valence-electron chi connectivity index (χ1n) is 10.0. The summed E-state index contributed by atoms with van der Waals surface area (Å²) in [7, 11) is 0. The molecular formula is C23H28N4O. The first kappa shape index (κ1) is 18.7. The van der Waals surface area contributed by atoms with Gasteiger partial charge in [0.05, 0.1) is 17.6 Å². The number of aromatic nitrogens is 2. The minimum absolute atomic E-state index is 0.0774. The van der Waals surface area contributed by atoms with E-state index in [1.807, 2.05) is 32.0 Å². The number of aryl methyl sites for hydroxylation is 3. The van der Waals surface area contributed by atoms with Crippen LogP contribution in [-0.2, 0) is 11.3 Å². The summed E-state index contributed by atoms with van der Waals surface area (Å²) in [5, 5.41) is 3.16. The molecule has 1 amide bonds. The number of likely N-dealkylation sites (tertiary alicyclic amines) is 1. The van der Waals surface area contributed by atoms with E-state index in [4.69, 9.17) is 4.98 Å². The largest absolute Gasteiger partial charge is 0.341 e. The van der Waals surface area contributed by atoms with Crippen LogP contribution in [0.3, 0.4) is 0 Å². The Morgan fingerprint density at radius 2 is 1.86 bits per heavy atom. The van der Waals surface area contributed by atoms with E-state index in [0.29, 0.717) is 0 Å². The average molecular weight is 377 g/mol. The van der Waals surface area contributed by atoms with Crippen molar-refractivity contribution in [2.24, 2.45) is 5.92 Å². The predicted octanol–water partition coefficient (Wildman–Crippen LogP) is 4.34. The van der Waals surface area contributed by atoms with Crippen molar-refractivity contribution in [3.63, 3.8) is 0 Å². The lowest BCUT2D eigenvalue weighted by Crippen LogP contribution is -2.38. The molecule has 0 spiro atoms. The Labute approximate surface area is 166 Å². The van der Waals surface area contributed by atoms with Gasteiger partial charge in [0.15, 0.2) is 0 Å². The topological polar surface area (TPSA) is 61.0 Å². The van der Waals surface area contributed by atoms with Gasteiger partial charge in [-0.1, -0.05) is 24.3 Å². The lowest BCUT2D eigenvalue weighted by molar-refractivity contribution is -0.121. The van der Waals surface area contributed by atoms with Crippen LogP contribution in [0.5, 0.6) is 0 Å². The molecule has 2 N–H and O–H groups in total. The highest BCUT2D eigenvalue weighted by molar-refractivity contribution is 5.94. The molecule has 0 bridgehead atoms. The summed E-state index contributed by atoms with van der Waals surface area (Å²) in [4.78, 5) is 23.3. The van der Waals surface area contributed by atoms with Gasteiger partial charge in [-0.3, -0.25) is 9.69 Å². The summed E-state index contributed by atoms with van der Waals surface area (Å²) in [6, 6.07) is 12.4. The van der Waals surface area contributed by atoms with Crippen molar-refractivity contribution >= 4 is 22.6 Å². The summed E-state index contributed by atoms with van der Waals surface area (Å²) < 4.78 is 0. The molecule has 2 heterocycles. The Hall–Kier alpha value is -2.66. The Bertz CT molecular complexity index is 979. The third-order valence-corrected chi connectivity index (χ3v) is 5.75. The van der Waals surface area contributed by atoms with Crippen LogP contribution in [0, 0.1) is 26.7 Å². The lowest BCUT2D eigenvalue weighted by Gasteiger charge is -2.30. The number of hydrogen-bond donors (Lipinski definition) is 2. The van der Waals surface area contributed by atoms with E-state index in [2.05, 4.69) is 40.3 Å². The second-order valence-corrected chi connectivity index (χ2v) is 8.01. The Morgan fingerprint density at radius 3 is 2.57 bits per heavy atom. The summed E-state index contributed by atoms with van der Waals surface area (Å²) in [5.74, 6) is 1.23. The number of carbonyl (C=O) groups is 1. The number of para-hydroxylation sites is 1. The molecule has 3 aromatic rings. The molecule has 146 valence electrons. The standard InChI is InChI=1S/C23H28N4O/c1-15-7-8-19-20(13-15)25-21(24-19)14-27-11-9-18(10-12-27)23(28)26-22-16(2)5-4-6-17(22)3/h4-8,13,18H,9-12,14H2,1-3H3,(H,24,25)(H,26,28). The number of imidazole rings is 1. The van der Waals surface area contributed by atoms with Crippen molar-refractivity contribution in [1.29, 1.82) is 0 Å². The highest BCUT2D eigenvalue weighted by atomic mass is 16.1. The van der Waals surface area contributed by atoms with E-state index in [-0.39, 0.29) is 11.8 Å². The maximum absolute atomic E-state index is 12.7. The zero-order valence-electron chi connectivity index (χ0n) is 16.9. The van der Waals surface area contributed by atoms with Gasteiger partial charge in [0.2, 0.25) is 5.91 Å². The smallest absolute Gasteiger partial charge is 0.227 e. The Balaban J connectivity index is 1.34. The normalized spacial score (nSPS) is 15.8. The van der Waals surface area contributed by atoms with E-state index in [9.17, 15) is 4.79 Å². The number of aromatic amines is 1. The van der Waals surface area contributed by atoms with E-state index in [0.717, 1.165) is 66.1 Å².